The molecule has 1 amide bonds. The van der Waals surface area contributed by atoms with E-state index < -0.39 is 31.1 Å². The number of rotatable bonds is 13. The number of carbonyl (C=O) groups excluding carboxylic acids is 1. The third-order valence-electron chi connectivity index (χ3n) is 9.01. The van der Waals surface area contributed by atoms with Crippen molar-refractivity contribution in [2.24, 2.45) is 0 Å². The Bertz CT molecular complexity index is 1890. The first-order chi connectivity index (χ1) is 21.9. The van der Waals surface area contributed by atoms with E-state index in [9.17, 15) is 30.7 Å². The predicted molar refractivity (Wildman–Crippen MR) is 181 cm³/mol. The van der Waals surface area contributed by atoms with Gasteiger partial charge in [-0.2, -0.15) is 4.58 Å². The molecule has 0 spiro atoms. The van der Waals surface area contributed by atoms with Gasteiger partial charge >= 0.3 is 51.4 Å². The molecule has 2 heterocycles. The van der Waals surface area contributed by atoms with Crippen molar-refractivity contribution in [3.8, 4) is 0 Å². The molecule has 13 heteroatoms. The number of unbranched alkanes of at least 4 members (excludes halogenated alkanes) is 2. The Balaban J connectivity index is 0.00000625. The summed E-state index contributed by atoms with van der Waals surface area (Å²) in [6, 6.07) is 9.03. The molecule has 0 saturated heterocycles. The van der Waals surface area contributed by atoms with E-state index in [1.165, 1.54) is 24.3 Å². The normalized spacial score (nSPS) is 17.7. The molecule has 0 aromatic heterocycles. The number of hydrogen-bond acceptors (Lipinski definition) is 8. The van der Waals surface area contributed by atoms with Crippen molar-refractivity contribution in [3.05, 3.63) is 83.6 Å². The van der Waals surface area contributed by atoms with Crippen LogP contribution in [0.2, 0.25) is 0 Å². The first-order valence-electron chi connectivity index (χ1n) is 15.9. The van der Waals surface area contributed by atoms with Crippen LogP contribution in [0.15, 0.2) is 82.3 Å². The molecule has 254 valence electrons. The van der Waals surface area contributed by atoms with Gasteiger partial charge < -0.3 is 19.3 Å². The first-order valence-corrected chi connectivity index (χ1v) is 18.7. The third-order valence-corrected chi connectivity index (χ3v) is 10.7. The monoisotopic (exact) mass is 721 g/mol. The summed E-state index contributed by atoms with van der Waals surface area (Å²) in [6.45, 7) is 13.8. The Kier molecular flexibility index (Phi) is 13.4. The summed E-state index contributed by atoms with van der Waals surface area (Å²) >= 11 is 0. The number of benzene rings is 2. The smallest absolute Gasteiger partial charge is 0.744 e. The minimum Gasteiger partial charge on any atom is -0.744 e. The van der Waals surface area contributed by atoms with Crippen LogP contribution in [0.3, 0.4) is 0 Å². The number of likely N-dealkylation sites (N-methyl/N-ethyl adjacent to an activating group) is 1. The van der Waals surface area contributed by atoms with Gasteiger partial charge in [-0.1, -0.05) is 32.1 Å². The minimum atomic E-state index is -4.63. The number of fused-ring (bicyclic) bond motifs is 2. The second-order valence-corrected chi connectivity index (χ2v) is 15.6. The molecule has 2 aromatic carbocycles. The van der Waals surface area contributed by atoms with Crippen molar-refractivity contribution >= 4 is 43.2 Å². The van der Waals surface area contributed by atoms with Crippen LogP contribution in [0.4, 0.5) is 11.4 Å². The predicted octanol–water partition coefficient (Wildman–Crippen LogP) is 2.39. The number of allylic oxidation sites excluding steroid dienone is 6. The maximum atomic E-state index is 11.9. The summed E-state index contributed by atoms with van der Waals surface area (Å²) in [5, 5.41) is 2.82. The molecule has 2 aliphatic heterocycles. The van der Waals surface area contributed by atoms with Crippen molar-refractivity contribution in [1.29, 1.82) is 0 Å². The summed E-state index contributed by atoms with van der Waals surface area (Å²) in [6.07, 6.45) is 12.6. The second-order valence-electron chi connectivity index (χ2n) is 12.9. The number of anilines is 1. The third kappa shape index (κ3) is 8.67. The summed E-state index contributed by atoms with van der Waals surface area (Å²) in [7, 11) is -9.21. The van der Waals surface area contributed by atoms with Gasteiger partial charge in [-0.05, 0) is 82.5 Å². The summed E-state index contributed by atoms with van der Waals surface area (Å²) in [5.74, 6) is 0.0375. The van der Waals surface area contributed by atoms with Crippen LogP contribution in [0.5, 0.6) is 0 Å². The Morgan fingerprint density at radius 1 is 0.854 bits per heavy atom. The van der Waals surface area contributed by atoms with Crippen molar-refractivity contribution in [2.75, 3.05) is 24.5 Å². The molecule has 0 saturated carbocycles. The van der Waals surface area contributed by atoms with Crippen molar-refractivity contribution in [3.63, 3.8) is 0 Å². The number of carbonyl (C=O) groups is 1. The SMILES string of the molecule is CCNC(=O)CCCCC[N+]1=C(/C=C/C=C/C=C2/N(CC)c3ccc(S(=O)(=O)[O-])cc3C2(C)C)C(C)(C)c2cc(S(=O)(=O)[O-])ccc21.[K+]. The molecular weight excluding hydrogens is 678 g/mol. The molecule has 2 aliphatic rings. The van der Waals surface area contributed by atoms with Crippen molar-refractivity contribution < 1.29 is 86.7 Å². The molecule has 0 aliphatic carbocycles. The zero-order valence-electron chi connectivity index (χ0n) is 28.9. The molecule has 0 atom stereocenters. The van der Waals surface area contributed by atoms with Gasteiger partial charge in [-0.25, -0.2) is 16.8 Å². The Morgan fingerprint density at radius 2 is 1.48 bits per heavy atom. The molecule has 0 fully saturated rings. The molecule has 2 aromatic rings. The molecule has 10 nitrogen and oxygen atoms in total. The largest absolute Gasteiger partial charge is 1.00 e. The molecule has 0 radical (unpaired) electrons. The fraction of sp³-hybridized carbons (Fsp3) is 0.429. The van der Waals surface area contributed by atoms with E-state index in [4.69, 9.17) is 0 Å². The van der Waals surface area contributed by atoms with E-state index >= 15 is 0 Å². The summed E-state index contributed by atoms with van der Waals surface area (Å²) in [4.78, 5) is 13.4. The van der Waals surface area contributed by atoms with E-state index in [-0.39, 0.29) is 67.1 Å². The van der Waals surface area contributed by atoms with Gasteiger partial charge in [-0.3, -0.25) is 4.79 Å². The quantitative estimate of drug-likeness (QED) is 0.109. The Hall–Kier alpha value is -1.94. The average Bonchev–Trinajstić information content (AvgIpc) is 3.33. The number of hydrogen-bond donors (Lipinski definition) is 1. The van der Waals surface area contributed by atoms with E-state index in [1.54, 1.807) is 12.1 Å². The number of nitrogens with zero attached hydrogens (tertiary/aromatic N) is 2. The maximum Gasteiger partial charge on any atom is 1.00 e. The van der Waals surface area contributed by atoms with Gasteiger partial charge in [0.15, 0.2) is 5.71 Å². The fourth-order valence-corrected chi connectivity index (χ4v) is 7.57. The molecule has 1 N–H and O–H groups in total. The van der Waals surface area contributed by atoms with Crippen LogP contribution in [0.25, 0.3) is 0 Å². The van der Waals surface area contributed by atoms with Crippen LogP contribution in [0.1, 0.15) is 78.4 Å². The van der Waals surface area contributed by atoms with Crippen molar-refractivity contribution in [1.82, 2.24) is 5.32 Å². The van der Waals surface area contributed by atoms with Crippen LogP contribution in [0, 0.1) is 0 Å². The van der Waals surface area contributed by atoms with Gasteiger partial charge in [0.05, 0.1) is 15.2 Å². The Labute approximate surface area is 328 Å². The molecular formula is C35H44KN3O7S2. The molecule has 4 rings (SSSR count). The minimum absolute atomic E-state index is 0. The molecule has 0 unspecified atom stereocenters. The number of nitrogens with one attached hydrogen (secondary N) is 1. The van der Waals surface area contributed by atoms with E-state index in [0.717, 1.165) is 53.2 Å². The van der Waals surface area contributed by atoms with E-state index in [1.807, 2.05) is 71.9 Å². The average molecular weight is 722 g/mol. The van der Waals surface area contributed by atoms with Crippen LogP contribution >= 0.6 is 0 Å². The van der Waals surface area contributed by atoms with Crippen LogP contribution < -0.4 is 61.6 Å². The van der Waals surface area contributed by atoms with Gasteiger partial charge in [0, 0.05) is 60.4 Å². The van der Waals surface area contributed by atoms with Crippen LogP contribution in [-0.4, -0.2) is 61.8 Å². The Morgan fingerprint density at radius 3 is 2.08 bits per heavy atom. The van der Waals surface area contributed by atoms with Gasteiger partial charge in [0.2, 0.25) is 11.6 Å². The van der Waals surface area contributed by atoms with Gasteiger partial charge in [0.25, 0.3) is 0 Å². The van der Waals surface area contributed by atoms with E-state index in [0.29, 0.717) is 26.1 Å². The van der Waals surface area contributed by atoms with Crippen molar-refractivity contribution in [2.45, 2.75) is 87.8 Å². The standard InChI is InChI=1S/C35H45N3O7S2.K/c1-7-36-33(39)17-13-10-14-22-38-30-21-19-26(47(43,44)45)24-28(30)35(5,6)32(38)16-12-9-11-15-31-34(3,4)27-23-25(46(40,41)42)18-20-29(27)37(31)8-2;/h9,11-12,15-16,18-21,23-24H,7-8,10,13-14,17,22H2,1-6H3,(H2-,36,39,40,41,42,43,44,45);/q;+1/p-1. The zero-order valence-corrected chi connectivity index (χ0v) is 33.6. The topological polar surface area (TPSA) is 150 Å². The molecule has 48 heavy (non-hydrogen) atoms. The van der Waals surface area contributed by atoms with Gasteiger partial charge in [-0.15, -0.1) is 0 Å². The first kappa shape index (κ1) is 40.5. The van der Waals surface area contributed by atoms with Gasteiger partial charge in [0.1, 0.15) is 26.8 Å². The zero-order chi connectivity index (χ0) is 34.8. The second kappa shape index (κ2) is 15.9. The summed E-state index contributed by atoms with van der Waals surface area (Å²) < 4.78 is 72.8. The number of amides is 1. The summed E-state index contributed by atoms with van der Waals surface area (Å²) in [5.41, 5.74) is 4.01. The van der Waals surface area contributed by atoms with E-state index in [2.05, 4.69) is 14.8 Å². The fourth-order valence-electron chi connectivity index (χ4n) is 6.58. The molecule has 0 bridgehead atoms. The maximum absolute atomic E-state index is 11.9. The van der Waals surface area contributed by atoms with Crippen LogP contribution in [-0.2, 0) is 35.9 Å².